The average Bonchev–Trinajstić information content (AvgIpc) is 3.20. The molecule has 2 saturated heterocycles. The molecule has 17 heteroatoms. The molecule has 3 aliphatic heterocycles. The van der Waals surface area contributed by atoms with Gasteiger partial charge >= 0.3 is 18.1 Å². The van der Waals surface area contributed by atoms with Gasteiger partial charge in [0.15, 0.2) is 10.8 Å². The third kappa shape index (κ3) is 4.85. The van der Waals surface area contributed by atoms with Crippen molar-refractivity contribution in [2.75, 3.05) is 22.6 Å². The maximum atomic E-state index is 13.0. The number of carbonyl (C=O) groups excluding carboxylic acids is 3. The summed E-state index contributed by atoms with van der Waals surface area (Å²) in [5.41, 5.74) is -0.747. The molecule has 0 aliphatic carbocycles. The van der Waals surface area contributed by atoms with Crippen LogP contribution in [0.15, 0.2) is 22.3 Å². The molecule has 0 spiro atoms. The van der Waals surface area contributed by atoms with Gasteiger partial charge in [0.1, 0.15) is 28.9 Å². The molecule has 11 nitrogen and oxygen atoms in total. The molecular weight excluding hydrogens is 523 g/mol. The van der Waals surface area contributed by atoms with E-state index in [2.05, 4.69) is 15.5 Å². The van der Waals surface area contributed by atoms with Crippen LogP contribution >= 0.6 is 34.9 Å². The number of carbonyl (C=O) groups is 4. The molecular formula is C17H14F3N5O6S3. The van der Waals surface area contributed by atoms with Crippen LogP contribution in [-0.4, -0.2) is 85.3 Å². The average molecular weight is 538 g/mol. The van der Waals surface area contributed by atoms with Gasteiger partial charge in [0, 0.05) is 22.6 Å². The number of fused-ring (bicyclic) bond motifs is 1. The topological polar surface area (TPSA) is 150 Å². The van der Waals surface area contributed by atoms with Crippen molar-refractivity contribution in [3.05, 3.63) is 22.8 Å². The van der Waals surface area contributed by atoms with Crippen molar-refractivity contribution in [2.24, 2.45) is 5.16 Å². The summed E-state index contributed by atoms with van der Waals surface area (Å²) in [5.74, 6) is -3.45. The fourth-order valence-corrected chi connectivity index (χ4v) is 5.40. The molecule has 2 atom stereocenters. The van der Waals surface area contributed by atoms with Gasteiger partial charge in [0.25, 0.3) is 11.8 Å². The zero-order valence-electron chi connectivity index (χ0n) is 16.7. The standard InChI is InChI=1S/C17H14F3N5O6S3/c18-17(19,20)15(30)23-16-21-7(5-34-16)9(24-31-6-3-32-4-6)11(26)22-10-12(27)25-8(14(28)29)1-2-33-13(10)25/h1,5-6,10,13H,2-4H2,(H,22,26)(H,28,29)(H,21,23,30)/t10?,13-/m0/s1. The molecule has 3 N–H and O–H groups in total. The first kappa shape index (κ1) is 24.3. The Morgan fingerprint density at radius 2 is 2.03 bits per heavy atom. The fraction of sp³-hybridized carbons (Fsp3) is 0.412. The van der Waals surface area contributed by atoms with Crippen LogP contribution in [-0.2, 0) is 24.0 Å². The van der Waals surface area contributed by atoms with Gasteiger partial charge in [0.05, 0.1) is 0 Å². The number of thiazole rings is 1. The van der Waals surface area contributed by atoms with Crippen LogP contribution in [0.1, 0.15) is 5.69 Å². The number of halogens is 3. The van der Waals surface area contributed by atoms with E-state index in [9.17, 15) is 37.5 Å². The number of hydrogen-bond acceptors (Lipinski definition) is 10. The minimum absolute atomic E-state index is 0.169. The number of aliphatic carboxylic acids is 1. The number of rotatable bonds is 7. The van der Waals surface area contributed by atoms with E-state index in [1.54, 1.807) is 17.1 Å². The molecule has 34 heavy (non-hydrogen) atoms. The van der Waals surface area contributed by atoms with Gasteiger partial charge in [-0.15, -0.1) is 23.1 Å². The number of carboxylic acid groups (broad SMARTS) is 1. The number of anilines is 1. The number of carboxylic acids is 1. The van der Waals surface area contributed by atoms with Crippen LogP contribution in [0, 0.1) is 0 Å². The van der Waals surface area contributed by atoms with Crippen molar-refractivity contribution in [2.45, 2.75) is 23.7 Å². The van der Waals surface area contributed by atoms with Crippen molar-refractivity contribution in [1.29, 1.82) is 0 Å². The van der Waals surface area contributed by atoms with Crippen molar-refractivity contribution < 1.29 is 42.3 Å². The number of amides is 3. The molecule has 1 aromatic heterocycles. The SMILES string of the molecule is O=C(O)C1=CCS[C@H]2C(NC(=O)C(=NOC3CSC3)c3csc(NC(=O)C(F)(F)F)n3)C(=O)N12. The first-order chi connectivity index (χ1) is 16.1. The summed E-state index contributed by atoms with van der Waals surface area (Å²) < 4.78 is 37.5. The summed E-state index contributed by atoms with van der Waals surface area (Å²) in [4.78, 5) is 58.1. The lowest BCUT2D eigenvalue weighted by molar-refractivity contribution is -0.167. The smallest absolute Gasteiger partial charge is 0.471 e. The number of nitrogens with zero attached hydrogens (tertiary/aromatic N) is 3. The Bertz CT molecular complexity index is 1100. The van der Waals surface area contributed by atoms with E-state index < -0.39 is 52.1 Å². The molecule has 2 fully saturated rings. The van der Waals surface area contributed by atoms with Crippen LogP contribution < -0.4 is 10.6 Å². The summed E-state index contributed by atoms with van der Waals surface area (Å²) >= 11 is 3.47. The predicted molar refractivity (Wildman–Crippen MR) is 116 cm³/mol. The fourth-order valence-electron chi connectivity index (χ4n) is 2.96. The van der Waals surface area contributed by atoms with Crippen LogP contribution in [0.5, 0.6) is 0 Å². The van der Waals surface area contributed by atoms with Crippen LogP contribution in [0.3, 0.4) is 0 Å². The highest BCUT2D eigenvalue weighted by Gasteiger charge is 2.53. The van der Waals surface area contributed by atoms with Gasteiger partial charge in [-0.2, -0.15) is 24.9 Å². The third-order valence-electron chi connectivity index (χ3n) is 4.69. The van der Waals surface area contributed by atoms with E-state index in [1.165, 1.54) is 23.2 Å². The molecule has 0 aromatic carbocycles. The summed E-state index contributed by atoms with van der Waals surface area (Å²) in [7, 11) is 0. The number of nitrogens with one attached hydrogen (secondary N) is 2. The van der Waals surface area contributed by atoms with E-state index >= 15 is 0 Å². The second-order valence-electron chi connectivity index (χ2n) is 6.97. The molecule has 182 valence electrons. The lowest BCUT2D eigenvalue weighted by atomic mass is 10.0. The Hall–Kier alpha value is -2.79. The highest BCUT2D eigenvalue weighted by molar-refractivity contribution is 8.00. The Labute approximate surface area is 201 Å². The molecule has 3 amide bonds. The molecule has 1 unspecified atom stereocenters. The van der Waals surface area contributed by atoms with Crippen LogP contribution in [0.25, 0.3) is 0 Å². The van der Waals surface area contributed by atoms with Gasteiger partial charge in [-0.25, -0.2) is 9.78 Å². The number of thioether (sulfide) groups is 2. The van der Waals surface area contributed by atoms with Gasteiger partial charge in [-0.05, 0) is 6.08 Å². The largest absolute Gasteiger partial charge is 0.477 e. The molecule has 0 saturated carbocycles. The summed E-state index contributed by atoms with van der Waals surface area (Å²) in [6, 6.07) is -1.05. The number of alkyl halides is 3. The molecule has 4 rings (SSSR count). The van der Waals surface area contributed by atoms with Crippen molar-refractivity contribution in [1.82, 2.24) is 15.2 Å². The highest BCUT2D eigenvalue weighted by Crippen LogP contribution is 2.37. The van der Waals surface area contributed by atoms with E-state index in [-0.39, 0.29) is 17.5 Å². The van der Waals surface area contributed by atoms with Crippen molar-refractivity contribution >= 4 is 69.4 Å². The lowest BCUT2D eigenvalue weighted by Crippen LogP contribution is -2.70. The monoisotopic (exact) mass is 537 g/mol. The Morgan fingerprint density at radius 3 is 2.65 bits per heavy atom. The van der Waals surface area contributed by atoms with Crippen molar-refractivity contribution in [3.63, 3.8) is 0 Å². The van der Waals surface area contributed by atoms with Crippen LogP contribution in [0.4, 0.5) is 18.3 Å². The van der Waals surface area contributed by atoms with Crippen LogP contribution in [0.2, 0.25) is 0 Å². The number of hydrogen-bond donors (Lipinski definition) is 3. The van der Waals surface area contributed by atoms with Gasteiger partial charge in [0.2, 0.25) is 0 Å². The first-order valence-electron chi connectivity index (χ1n) is 9.41. The highest BCUT2D eigenvalue weighted by atomic mass is 32.2. The maximum absolute atomic E-state index is 13.0. The van der Waals surface area contributed by atoms with Gasteiger partial charge < -0.3 is 15.3 Å². The molecule has 3 aliphatic rings. The van der Waals surface area contributed by atoms with E-state index in [0.29, 0.717) is 28.6 Å². The Morgan fingerprint density at radius 1 is 1.29 bits per heavy atom. The lowest BCUT2D eigenvalue weighted by Gasteiger charge is -2.48. The minimum atomic E-state index is -5.12. The zero-order chi connectivity index (χ0) is 24.6. The van der Waals surface area contributed by atoms with Crippen molar-refractivity contribution in [3.8, 4) is 0 Å². The Balaban J connectivity index is 1.50. The second-order valence-corrected chi connectivity index (χ2v) is 10.1. The van der Waals surface area contributed by atoms with E-state index in [1.807, 2.05) is 0 Å². The predicted octanol–water partition coefficient (Wildman–Crippen LogP) is 0.848. The maximum Gasteiger partial charge on any atom is 0.471 e. The minimum Gasteiger partial charge on any atom is -0.477 e. The number of β-lactam (4-membered cyclic amide) rings is 1. The summed E-state index contributed by atoms with van der Waals surface area (Å²) in [5, 5.41) is 17.3. The van der Waals surface area contributed by atoms with Gasteiger partial charge in [-0.3, -0.25) is 24.6 Å². The number of aromatic nitrogens is 1. The number of oxime groups is 1. The summed E-state index contributed by atoms with van der Waals surface area (Å²) in [6.45, 7) is 0. The molecule has 1 aromatic rings. The molecule has 0 radical (unpaired) electrons. The van der Waals surface area contributed by atoms with E-state index in [4.69, 9.17) is 4.84 Å². The van der Waals surface area contributed by atoms with Gasteiger partial charge in [-0.1, -0.05) is 5.16 Å². The summed E-state index contributed by atoms with van der Waals surface area (Å²) in [6.07, 6.45) is -4.00. The van der Waals surface area contributed by atoms with E-state index in [0.717, 1.165) is 4.90 Å². The molecule has 0 bridgehead atoms. The Kier molecular flexibility index (Phi) is 6.77. The first-order valence-corrected chi connectivity index (χ1v) is 12.5. The molecule has 4 heterocycles. The quantitative estimate of drug-likeness (QED) is 0.261. The third-order valence-corrected chi connectivity index (χ3v) is 7.85. The second kappa shape index (κ2) is 9.46. The zero-order valence-corrected chi connectivity index (χ0v) is 19.1. The normalized spacial score (nSPS) is 22.7.